The number of rotatable bonds is 2. The Morgan fingerprint density at radius 1 is 0.571 bits per heavy atom. The molecular weight excluding hydrogens is 677 g/mol. The summed E-state index contributed by atoms with van der Waals surface area (Å²) in [6.45, 7) is 30.4. The number of hydrogen-bond donors (Lipinski definition) is 1. The summed E-state index contributed by atoms with van der Waals surface area (Å²) in [6.07, 6.45) is 1.91. The number of nitrogens with zero attached hydrogens (tertiary/aromatic N) is 2. The second-order valence-electron chi connectivity index (χ2n) is 20.8. The highest BCUT2D eigenvalue weighted by atomic mass is 15.0. The van der Waals surface area contributed by atoms with Crippen molar-refractivity contribution in [2.75, 3.05) is 5.32 Å². The van der Waals surface area contributed by atoms with Crippen LogP contribution in [0.2, 0.25) is 0 Å². The zero-order chi connectivity index (χ0) is 39.9. The predicted octanol–water partition coefficient (Wildman–Crippen LogP) is 11.9. The first-order valence-corrected chi connectivity index (χ1v) is 20.5. The minimum absolute atomic E-state index is 0.0271. The van der Waals surface area contributed by atoms with Crippen LogP contribution >= 0.6 is 0 Å². The SMILES string of the molecule is Cc1ccc(C(C)(C)C)cc1-c1cc(C(C)(C)C)cc2c1Nc1cc(-c3ccccn3)cc3c1B2c1cc(C(C)(C)C)cc2c4cc(C(C)(C)C)ccc4n-3c12. The van der Waals surface area contributed by atoms with Gasteiger partial charge in [-0.2, -0.15) is 0 Å². The van der Waals surface area contributed by atoms with Crippen LogP contribution in [0.4, 0.5) is 11.4 Å². The summed E-state index contributed by atoms with van der Waals surface area (Å²) in [5.41, 5.74) is 21.6. The van der Waals surface area contributed by atoms with E-state index < -0.39 is 0 Å². The molecule has 0 unspecified atom stereocenters. The van der Waals surface area contributed by atoms with E-state index in [4.69, 9.17) is 4.98 Å². The molecular formula is C52H56BN3. The minimum Gasteiger partial charge on any atom is -0.356 e. The summed E-state index contributed by atoms with van der Waals surface area (Å²) >= 11 is 0. The molecule has 282 valence electrons. The van der Waals surface area contributed by atoms with Crippen molar-refractivity contribution in [3.63, 3.8) is 0 Å². The van der Waals surface area contributed by atoms with Gasteiger partial charge >= 0.3 is 0 Å². The lowest BCUT2D eigenvalue weighted by Gasteiger charge is -2.37. The molecule has 0 fully saturated rings. The molecule has 0 spiro atoms. The summed E-state index contributed by atoms with van der Waals surface area (Å²) in [5, 5.41) is 6.82. The van der Waals surface area contributed by atoms with Crippen LogP contribution in [-0.4, -0.2) is 16.3 Å². The average Bonchev–Trinajstić information content (AvgIpc) is 3.46. The number of nitrogens with one attached hydrogen (secondary N) is 1. The first kappa shape index (κ1) is 36.5. The molecule has 2 aliphatic rings. The van der Waals surface area contributed by atoms with Gasteiger partial charge in [0.25, 0.3) is 6.71 Å². The molecule has 2 aromatic heterocycles. The summed E-state index contributed by atoms with van der Waals surface area (Å²) in [6, 6.07) is 35.3. The number of pyridine rings is 1. The van der Waals surface area contributed by atoms with E-state index in [0.717, 1.165) is 16.9 Å². The Kier molecular flexibility index (Phi) is 7.81. The highest BCUT2D eigenvalue weighted by molar-refractivity contribution is 7.00. The van der Waals surface area contributed by atoms with Crippen molar-refractivity contribution < 1.29 is 0 Å². The van der Waals surface area contributed by atoms with Gasteiger partial charge in [0.15, 0.2) is 0 Å². The van der Waals surface area contributed by atoms with Gasteiger partial charge in [-0.3, -0.25) is 4.98 Å². The van der Waals surface area contributed by atoms with Crippen LogP contribution in [0.3, 0.4) is 0 Å². The first-order chi connectivity index (χ1) is 26.2. The van der Waals surface area contributed by atoms with Crippen molar-refractivity contribution in [1.82, 2.24) is 9.55 Å². The van der Waals surface area contributed by atoms with Crippen molar-refractivity contribution in [2.24, 2.45) is 0 Å². The van der Waals surface area contributed by atoms with Gasteiger partial charge in [0, 0.05) is 50.7 Å². The van der Waals surface area contributed by atoms with Gasteiger partial charge in [-0.1, -0.05) is 126 Å². The summed E-state index contributed by atoms with van der Waals surface area (Å²) in [4.78, 5) is 4.89. The highest BCUT2D eigenvalue weighted by Crippen LogP contribution is 2.44. The molecule has 0 aliphatic carbocycles. The summed E-state index contributed by atoms with van der Waals surface area (Å²) < 4.78 is 2.58. The molecule has 7 aromatic rings. The van der Waals surface area contributed by atoms with Gasteiger partial charge in [0.2, 0.25) is 0 Å². The van der Waals surface area contributed by atoms with Crippen LogP contribution in [0.25, 0.3) is 49.9 Å². The van der Waals surface area contributed by atoms with Crippen molar-refractivity contribution in [3.05, 3.63) is 125 Å². The van der Waals surface area contributed by atoms with Crippen LogP contribution in [0, 0.1) is 6.92 Å². The molecule has 0 amide bonds. The molecule has 1 N–H and O–H groups in total. The molecule has 4 heteroatoms. The van der Waals surface area contributed by atoms with E-state index in [1.807, 2.05) is 12.3 Å². The third-order valence-electron chi connectivity index (χ3n) is 12.6. The molecule has 3 nitrogen and oxygen atoms in total. The lowest BCUT2D eigenvalue weighted by atomic mass is 9.33. The van der Waals surface area contributed by atoms with Crippen LogP contribution in [-0.2, 0) is 21.7 Å². The monoisotopic (exact) mass is 733 g/mol. The molecule has 0 saturated heterocycles. The first-order valence-electron chi connectivity index (χ1n) is 20.5. The Morgan fingerprint density at radius 3 is 1.84 bits per heavy atom. The number of fused-ring (bicyclic) bond motifs is 7. The van der Waals surface area contributed by atoms with Gasteiger partial charge in [-0.15, -0.1) is 0 Å². The molecule has 0 atom stereocenters. The van der Waals surface area contributed by atoms with Crippen LogP contribution in [0.1, 0.15) is 111 Å². The summed E-state index contributed by atoms with van der Waals surface area (Å²) in [5.74, 6) is 0. The Morgan fingerprint density at radius 2 is 1.18 bits per heavy atom. The van der Waals surface area contributed by atoms with Crippen molar-refractivity contribution in [3.8, 4) is 28.1 Å². The van der Waals surface area contributed by atoms with E-state index in [-0.39, 0.29) is 28.4 Å². The van der Waals surface area contributed by atoms with Gasteiger partial charge in [-0.05, 0) is 127 Å². The zero-order valence-electron chi connectivity index (χ0n) is 35.7. The van der Waals surface area contributed by atoms with Gasteiger partial charge in [0.05, 0.1) is 11.2 Å². The lowest BCUT2D eigenvalue weighted by molar-refractivity contribution is 0.589. The highest BCUT2D eigenvalue weighted by Gasteiger charge is 2.42. The van der Waals surface area contributed by atoms with Crippen molar-refractivity contribution >= 4 is 56.3 Å². The predicted molar refractivity (Wildman–Crippen MR) is 243 cm³/mol. The molecule has 0 bridgehead atoms. The number of aryl methyl sites for hydroxylation is 1. The zero-order valence-corrected chi connectivity index (χ0v) is 35.7. The third-order valence-corrected chi connectivity index (χ3v) is 12.6. The molecule has 0 saturated carbocycles. The number of anilines is 2. The van der Waals surface area contributed by atoms with Crippen LogP contribution in [0.15, 0.2) is 97.2 Å². The lowest BCUT2D eigenvalue weighted by Crippen LogP contribution is -2.59. The number of benzene rings is 5. The Hall–Kier alpha value is -5.09. The van der Waals surface area contributed by atoms with E-state index in [9.17, 15) is 0 Å². The Balaban J connectivity index is 1.47. The second-order valence-corrected chi connectivity index (χ2v) is 20.8. The quantitative estimate of drug-likeness (QED) is 0.179. The molecule has 4 heterocycles. The maximum absolute atomic E-state index is 4.89. The second kappa shape index (κ2) is 12.0. The number of hydrogen-bond acceptors (Lipinski definition) is 2. The van der Waals surface area contributed by atoms with E-state index in [2.05, 4.69) is 185 Å². The van der Waals surface area contributed by atoms with Crippen molar-refractivity contribution in [2.45, 2.75) is 112 Å². The van der Waals surface area contributed by atoms with Crippen LogP contribution in [0.5, 0.6) is 0 Å². The smallest absolute Gasteiger partial charge is 0.252 e. The minimum atomic E-state index is -0.0548. The maximum atomic E-state index is 4.89. The molecule has 9 rings (SSSR count). The van der Waals surface area contributed by atoms with E-state index >= 15 is 0 Å². The van der Waals surface area contributed by atoms with E-state index in [1.165, 1.54) is 88.5 Å². The normalized spacial score (nSPS) is 13.9. The average molecular weight is 734 g/mol. The van der Waals surface area contributed by atoms with E-state index in [0.29, 0.717) is 0 Å². The molecule has 2 aliphatic heterocycles. The molecule has 0 radical (unpaired) electrons. The topological polar surface area (TPSA) is 29.9 Å². The molecule has 5 aromatic carbocycles. The van der Waals surface area contributed by atoms with Gasteiger partial charge in [-0.25, -0.2) is 0 Å². The van der Waals surface area contributed by atoms with Crippen molar-refractivity contribution in [1.29, 1.82) is 0 Å². The Labute approximate surface area is 334 Å². The number of aromatic nitrogens is 2. The fourth-order valence-corrected chi connectivity index (χ4v) is 9.13. The largest absolute Gasteiger partial charge is 0.356 e. The van der Waals surface area contributed by atoms with E-state index in [1.54, 1.807) is 0 Å². The third kappa shape index (κ3) is 5.66. The standard InChI is InChI=1S/C52H56BN3/c1-30-17-18-32(49(2,3)4)24-36(30)38-26-34(51(8,9)10)28-40-47(38)55-43-22-31(42-16-14-15-21-54-42)23-45-46(43)53(40)41-29-35(52(11,12)13)27-39-37-25-33(50(5,6)7)19-20-44(37)56(45)48(39)41/h14-29,55H,1-13H3. The maximum Gasteiger partial charge on any atom is 0.252 e. The molecule has 56 heavy (non-hydrogen) atoms. The van der Waals surface area contributed by atoms with Gasteiger partial charge < -0.3 is 9.88 Å². The fraction of sp³-hybridized carbons (Fsp3) is 0.327. The fourth-order valence-electron chi connectivity index (χ4n) is 9.13. The Bertz CT molecular complexity index is 2760. The van der Waals surface area contributed by atoms with Crippen LogP contribution < -0.4 is 21.7 Å². The van der Waals surface area contributed by atoms with Gasteiger partial charge in [0.1, 0.15) is 0 Å². The summed E-state index contributed by atoms with van der Waals surface area (Å²) in [7, 11) is 0.